The third-order valence-electron chi connectivity index (χ3n) is 3.86. The minimum atomic E-state index is -4.67. The summed E-state index contributed by atoms with van der Waals surface area (Å²) < 4.78 is 14.4. The average Bonchev–Trinajstić information content (AvgIpc) is 2.49. The first-order valence-electron chi connectivity index (χ1n) is 9.38. The molecular weight excluding hydrogens is 366 g/mol. The van der Waals surface area contributed by atoms with E-state index in [0.29, 0.717) is 6.42 Å². The van der Waals surface area contributed by atoms with Crippen molar-refractivity contribution in [2.24, 2.45) is 0 Å². The predicted octanol–water partition coefficient (Wildman–Crippen LogP) is 2.78. The van der Waals surface area contributed by atoms with Gasteiger partial charge in [-0.1, -0.05) is 70.4 Å². The first-order valence-corrected chi connectivity index (χ1v) is 10.9. The molecule has 0 saturated carbocycles. The summed E-state index contributed by atoms with van der Waals surface area (Å²) in [6.07, 6.45) is 19.8. The number of phosphoric ester groups is 1. The van der Waals surface area contributed by atoms with Crippen LogP contribution in [-0.2, 0) is 13.9 Å². The zero-order valence-corrected chi connectivity index (χ0v) is 20.1. The number of carbonyl (C=O) groups is 1. The summed E-state index contributed by atoms with van der Waals surface area (Å²) in [7, 11) is -4.67. The SMILES string of the molecule is CCCCCCCCC=CCCCCCCCC(=O)OP(=O)(O)O.[H-].[K+]. The van der Waals surface area contributed by atoms with Crippen LogP contribution in [0.4, 0.5) is 0 Å². The van der Waals surface area contributed by atoms with Crippen LogP contribution < -0.4 is 51.4 Å². The third kappa shape index (κ3) is 25.0. The van der Waals surface area contributed by atoms with Crippen molar-refractivity contribution in [3.05, 3.63) is 12.2 Å². The van der Waals surface area contributed by atoms with Gasteiger partial charge in [-0.15, -0.1) is 0 Å². The topological polar surface area (TPSA) is 83.8 Å². The molecule has 0 spiro atoms. The van der Waals surface area contributed by atoms with Crippen LogP contribution in [0.15, 0.2) is 12.2 Å². The van der Waals surface area contributed by atoms with E-state index in [4.69, 9.17) is 9.79 Å². The van der Waals surface area contributed by atoms with Crippen LogP contribution in [0.25, 0.3) is 0 Å². The van der Waals surface area contributed by atoms with Crippen molar-refractivity contribution in [1.82, 2.24) is 0 Å². The Labute approximate surface area is 197 Å². The van der Waals surface area contributed by atoms with Gasteiger partial charge in [0.15, 0.2) is 0 Å². The smallest absolute Gasteiger partial charge is 1.00 e. The number of allylic oxidation sites excluding steroid dienone is 2. The molecule has 0 aliphatic rings. The molecule has 7 heteroatoms. The van der Waals surface area contributed by atoms with Crippen LogP contribution in [0, 0.1) is 0 Å². The number of hydrogen-bond acceptors (Lipinski definition) is 3. The van der Waals surface area contributed by atoms with Crippen LogP contribution in [0.2, 0.25) is 0 Å². The summed E-state index contributed by atoms with van der Waals surface area (Å²) in [5.41, 5.74) is 0. The van der Waals surface area contributed by atoms with Gasteiger partial charge < -0.3 is 5.95 Å². The first-order chi connectivity index (χ1) is 11.5. The van der Waals surface area contributed by atoms with E-state index in [1.807, 2.05) is 0 Å². The second kappa shape index (κ2) is 19.7. The van der Waals surface area contributed by atoms with Gasteiger partial charge in [0.25, 0.3) is 0 Å². The molecule has 0 aliphatic carbocycles. The fourth-order valence-electron chi connectivity index (χ4n) is 2.52. The molecule has 0 bridgehead atoms. The molecule has 5 nitrogen and oxygen atoms in total. The molecule has 0 rings (SSSR count). The van der Waals surface area contributed by atoms with Gasteiger partial charge in [-0.25, -0.2) is 4.57 Å². The molecule has 0 amide bonds. The molecule has 0 heterocycles. The van der Waals surface area contributed by atoms with E-state index in [-0.39, 0.29) is 59.2 Å². The molecule has 25 heavy (non-hydrogen) atoms. The van der Waals surface area contributed by atoms with E-state index in [9.17, 15) is 9.36 Å². The van der Waals surface area contributed by atoms with Crippen molar-refractivity contribution in [2.45, 2.75) is 96.8 Å². The quantitative estimate of drug-likeness (QED) is 0.179. The maximum atomic E-state index is 11.1. The molecule has 0 unspecified atom stereocenters. The Balaban J connectivity index is -0.00000264. The van der Waals surface area contributed by atoms with E-state index in [2.05, 4.69) is 23.6 Å². The van der Waals surface area contributed by atoms with E-state index in [1.165, 1.54) is 44.9 Å². The Morgan fingerprint density at radius 3 is 1.80 bits per heavy atom. The van der Waals surface area contributed by atoms with Gasteiger partial charge in [0, 0.05) is 6.42 Å². The van der Waals surface area contributed by atoms with E-state index in [0.717, 1.165) is 32.1 Å². The van der Waals surface area contributed by atoms with Crippen LogP contribution in [0.3, 0.4) is 0 Å². The minimum absolute atomic E-state index is 0. The maximum absolute atomic E-state index is 11.1. The van der Waals surface area contributed by atoms with E-state index >= 15 is 0 Å². The van der Waals surface area contributed by atoms with Crippen molar-refractivity contribution >= 4 is 13.8 Å². The van der Waals surface area contributed by atoms with Crippen molar-refractivity contribution in [3.63, 3.8) is 0 Å². The van der Waals surface area contributed by atoms with Gasteiger partial charge in [0.05, 0.1) is 0 Å². The van der Waals surface area contributed by atoms with Crippen molar-refractivity contribution in [2.75, 3.05) is 0 Å². The number of hydrogen-bond donors (Lipinski definition) is 2. The largest absolute Gasteiger partial charge is 1.00 e. The molecule has 0 aliphatic heterocycles. The zero-order chi connectivity index (χ0) is 18.1. The van der Waals surface area contributed by atoms with Gasteiger partial charge in [-0.05, 0) is 32.1 Å². The maximum Gasteiger partial charge on any atom is 1.00 e. The zero-order valence-electron chi connectivity index (χ0n) is 17.1. The summed E-state index contributed by atoms with van der Waals surface area (Å²) in [6, 6.07) is 0. The van der Waals surface area contributed by atoms with Gasteiger partial charge in [0.1, 0.15) is 0 Å². The third-order valence-corrected chi connectivity index (χ3v) is 4.30. The van der Waals surface area contributed by atoms with Crippen molar-refractivity contribution in [1.29, 1.82) is 0 Å². The molecule has 0 atom stereocenters. The molecule has 144 valence electrons. The molecule has 0 fully saturated rings. The van der Waals surface area contributed by atoms with E-state index < -0.39 is 13.8 Å². The van der Waals surface area contributed by atoms with Gasteiger partial charge >= 0.3 is 65.2 Å². The Bertz CT molecular complexity index is 388. The second-order valence-electron chi connectivity index (χ2n) is 6.29. The molecular formula is C18H36KO5P. The summed E-state index contributed by atoms with van der Waals surface area (Å²) in [5.74, 6) is -0.819. The Kier molecular flexibility index (Phi) is 22.3. The summed E-state index contributed by atoms with van der Waals surface area (Å²) in [6.45, 7) is 2.24. The van der Waals surface area contributed by atoms with Crippen LogP contribution in [0.5, 0.6) is 0 Å². The monoisotopic (exact) mass is 402 g/mol. The molecule has 0 radical (unpaired) electrons. The first kappa shape index (κ1) is 28.2. The van der Waals surface area contributed by atoms with Crippen LogP contribution >= 0.6 is 7.82 Å². The predicted molar refractivity (Wildman–Crippen MR) is 98.7 cm³/mol. The Morgan fingerprint density at radius 1 is 0.880 bits per heavy atom. The van der Waals surface area contributed by atoms with Crippen LogP contribution in [0.1, 0.15) is 98.2 Å². The molecule has 2 N–H and O–H groups in total. The number of unbranched alkanes of at least 4 members (excludes halogenated alkanes) is 11. The fourth-order valence-corrected chi connectivity index (χ4v) is 2.87. The fraction of sp³-hybridized carbons (Fsp3) is 0.833. The summed E-state index contributed by atoms with van der Waals surface area (Å²) >= 11 is 0. The van der Waals surface area contributed by atoms with Gasteiger partial charge in [-0.2, -0.15) is 0 Å². The molecule has 0 aromatic heterocycles. The van der Waals surface area contributed by atoms with Gasteiger partial charge in [0.2, 0.25) is 0 Å². The number of phosphoric acid groups is 1. The molecule has 0 saturated heterocycles. The normalized spacial score (nSPS) is 11.5. The Morgan fingerprint density at radius 2 is 1.32 bits per heavy atom. The molecule has 0 aromatic carbocycles. The van der Waals surface area contributed by atoms with Crippen molar-refractivity contribution in [3.8, 4) is 0 Å². The number of carbonyl (C=O) groups excluding carboxylic acids is 1. The Hall–Kier alpha value is 0.996. The van der Waals surface area contributed by atoms with E-state index in [1.54, 1.807) is 0 Å². The van der Waals surface area contributed by atoms with Crippen molar-refractivity contribution < 1.29 is 76.5 Å². The summed E-state index contributed by atoms with van der Waals surface area (Å²) in [4.78, 5) is 28.0. The average molecular weight is 403 g/mol. The minimum Gasteiger partial charge on any atom is -1.00 e. The summed E-state index contributed by atoms with van der Waals surface area (Å²) in [5, 5.41) is 0. The van der Waals surface area contributed by atoms with Crippen LogP contribution in [-0.4, -0.2) is 15.8 Å². The second-order valence-corrected chi connectivity index (χ2v) is 7.45. The standard InChI is InChI=1S/C18H35O5P.K.H/c1-2-3-4-5-6-7-8-9-10-11-12-13-14-15-16-17-18(19)23-24(20,21)22;;/h9-10H,2-8,11-17H2,1H3,(H2,20,21,22);;/q;+1;-1. The number of rotatable bonds is 16. The molecule has 0 aromatic rings. The van der Waals surface area contributed by atoms with Gasteiger partial charge in [-0.3, -0.25) is 14.6 Å².